The molecule has 1 aromatic carbocycles. The topological polar surface area (TPSA) is 48.2 Å². The van der Waals surface area contributed by atoms with Gasteiger partial charge < -0.3 is 5.32 Å². The smallest absolute Gasteiger partial charge is 0.161 e. The fourth-order valence-electron chi connectivity index (χ4n) is 3.35. The first-order valence-corrected chi connectivity index (χ1v) is 8.59. The molecule has 1 heterocycles. The maximum atomic E-state index is 9.03. The summed E-state index contributed by atoms with van der Waals surface area (Å²) < 4.78 is 0. The minimum absolute atomic E-state index is 0.158. The number of thioether (sulfide) groups is 1. The van der Waals surface area contributed by atoms with Crippen LogP contribution in [0.4, 0.5) is 5.69 Å². The molecule has 3 nitrogen and oxygen atoms in total. The van der Waals surface area contributed by atoms with Crippen LogP contribution in [0.25, 0.3) is 0 Å². The number of hydrogen-bond acceptors (Lipinski definition) is 4. The number of rotatable bonds is 1. The number of nitriles is 1. The molecule has 21 heavy (non-hydrogen) atoms. The number of aryl methyl sites for hydroxylation is 1. The highest BCUT2D eigenvalue weighted by atomic mass is 32.2. The third-order valence-corrected chi connectivity index (χ3v) is 5.64. The summed E-state index contributed by atoms with van der Waals surface area (Å²) in [6, 6.07) is 7.95. The van der Waals surface area contributed by atoms with Crippen molar-refractivity contribution in [2.45, 2.75) is 45.1 Å². The molecule has 1 saturated carbocycles. The Hall–Kier alpha value is -1.47. The van der Waals surface area contributed by atoms with Crippen molar-refractivity contribution in [3.63, 3.8) is 0 Å². The molecule has 0 saturated heterocycles. The van der Waals surface area contributed by atoms with E-state index in [-0.39, 0.29) is 5.54 Å². The fraction of sp³-hybridized carbons (Fsp3) is 0.529. The van der Waals surface area contributed by atoms with Gasteiger partial charge in [-0.1, -0.05) is 37.6 Å². The number of nitrogens with zero attached hydrogens (tertiary/aromatic N) is 2. The molecule has 1 fully saturated rings. The minimum atomic E-state index is 0.158. The van der Waals surface area contributed by atoms with Crippen molar-refractivity contribution in [2.75, 3.05) is 11.1 Å². The summed E-state index contributed by atoms with van der Waals surface area (Å²) >= 11 is 1.82. The molecule has 1 aliphatic heterocycles. The number of hydrogen-bond donors (Lipinski definition) is 1. The van der Waals surface area contributed by atoms with Gasteiger partial charge in [0.1, 0.15) is 0 Å². The highest BCUT2D eigenvalue weighted by molar-refractivity contribution is 8.14. The van der Waals surface area contributed by atoms with Crippen LogP contribution in [0.1, 0.15) is 43.7 Å². The van der Waals surface area contributed by atoms with Gasteiger partial charge in [-0.25, -0.2) is 0 Å². The molecule has 1 spiro atoms. The van der Waals surface area contributed by atoms with Crippen molar-refractivity contribution in [3.8, 4) is 6.07 Å². The van der Waals surface area contributed by atoms with Crippen LogP contribution < -0.4 is 5.32 Å². The van der Waals surface area contributed by atoms with E-state index in [9.17, 15) is 0 Å². The minimum Gasteiger partial charge on any atom is -0.335 e. The fourth-order valence-corrected chi connectivity index (χ4v) is 4.53. The van der Waals surface area contributed by atoms with Gasteiger partial charge in [-0.2, -0.15) is 5.26 Å². The van der Waals surface area contributed by atoms with Crippen LogP contribution in [0.2, 0.25) is 0 Å². The Kier molecular flexibility index (Phi) is 3.95. The van der Waals surface area contributed by atoms with Crippen LogP contribution in [-0.2, 0) is 0 Å². The zero-order valence-electron chi connectivity index (χ0n) is 12.6. The first-order chi connectivity index (χ1) is 10.1. The molecule has 2 atom stereocenters. The Morgan fingerprint density at radius 2 is 2.33 bits per heavy atom. The first-order valence-electron chi connectivity index (χ1n) is 7.61. The molecule has 1 N–H and O–H groups in total. The Morgan fingerprint density at radius 3 is 3.10 bits per heavy atom. The number of benzene rings is 1. The van der Waals surface area contributed by atoms with E-state index in [1.165, 1.54) is 25.7 Å². The SMILES string of the molecule is Cc1ccc(C#N)cc1NC1=NC2(CCCC(C)C2)CS1. The predicted octanol–water partition coefficient (Wildman–Crippen LogP) is 4.33. The average Bonchev–Trinajstić information content (AvgIpc) is 2.83. The van der Waals surface area contributed by atoms with Crippen molar-refractivity contribution in [1.29, 1.82) is 5.26 Å². The highest BCUT2D eigenvalue weighted by Gasteiger charge is 2.39. The lowest BCUT2D eigenvalue weighted by molar-refractivity contribution is 0.266. The van der Waals surface area contributed by atoms with Gasteiger partial charge in [0.05, 0.1) is 17.2 Å². The highest BCUT2D eigenvalue weighted by Crippen LogP contribution is 2.42. The maximum Gasteiger partial charge on any atom is 0.161 e. The average molecular weight is 299 g/mol. The van der Waals surface area contributed by atoms with Crippen LogP contribution in [0.5, 0.6) is 0 Å². The predicted molar refractivity (Wildman–Crippen MR) is 89.8 cm³/mol. The lowest BCUT2D eigenvalue weighted by Crippen LogP contribution is -2.33. The third-order valence-electron chi connectivity index (χ3n) is 4.49. The Labute approximate surface area is 130 Å². The van der Waals surface area contributed by atoms with Gasteiger partial charge in [-0.3, -0.25) is 4.99 Å². The van der Waals surface area contributed by atoms with E-state index >= 15 is 0 Å². The van der Waals surface area contributed by atoms with Gasteiger partial charge in [0.25, 0.3) is 0 Å². The second-order valence-electron chi connectivity index (χ2n) is 6.40. The summed E-state index contributed by atoms with van der Waals surface area (Å²) in [5.41, 5.74) is 3.00. The van der Waals surface area contributed by atoms with Gasteiger partial charge in [-0.15, -0.1) is 0 Å². The molecule has 0 amide bonds. The van der Waals surface area contributed by atoms with E-state index in [4.69, 9.17) is 10.3 Å². The third kappa shape index (κ3) is 3.08. The van der Waals surface area contributed by atoms with Gasteiger partial charge >= 0.3 is 0 Å². The molecule has 4 heteroatoms. The van der Waals surface area contributed by atoms with Crippen LogP contribution in [0.15, 0.2) is 23.2 Å². The monoisotopic (exact) mass is 299 g/mol. The maximum absolute atomic E-state index is 9.03. The molecule has 2 unspecified atom stereocenters. The molecular weight excluding hydrogens is 278 g/mol. The summed E-state index contributed by atoms with van der Waals surface area (Å²) in [6.07, 6.45) is 5.06. The molecule has 1 aromatic rings. The van der Waals surface area contributed by atoms with E-state index in [1.807, 2.05) is 30.0 Å². The lowest BCUT2D eigenvalue weighted by Gasteiger charge is -2.33. The summed E-state index contributed by atoms with van der Waals surface area (Å²) in [4.78, 5) is 5.01. The van der Waals surface area contributed by atoms with Gasteiger partial charge in [0.2, 0.25) is 0 Å². The number of amidine groups is 1. The molecular formula is C17H21N3S. The normalized spacial score (nSPS) is 28.2. The van der Waals surface area contributed by atoms with E-state index in [0.717, 1.165) is 28.1 Å². The summed E-state index contributed by atoms with van der Waals surface area (Å²) in [5.74, 6) is 1.88. The molecule has 0 aromatic heterocycles. The van der Waals surface area contributed by atoms with Gasteiger partial charge in [-0.05, 0) is 43.4 Å². The summed E-state index contributed by atoms with van der Waals surface area (Å²) in [7, 11) is 0. The number of anilines is 1. The van der Waals surface area contributed by atoms with Crippen molar-refractivity contribution >= 4 is 22.6 Å². The number of aliphatic imine (C=N–C) groups is 1. The van der Waals surface area contributed by atoms with Crippen molar-refractivity contribution in [3.05, 3.63) is 29.3 Å². The van der Waals surface area contributed by atoms with E-state index in [1.54, 1.807) is 0 Å². The van der Waals surface area contributed by atoms with Crippen molar-refractivity contribution < 1.29 is 0 Å². The van der Waals surface area contributed by atoms with Gasteiger partial charge in [0.15, 0.2) is 5.17 Å². The van der Waals surface area contributed by atoms with Gasteiger partial charge in [0, 0.05) is 11.4 Å². The Morgan fingerprint density at radius 1 is 1.48 bits per heavy atom. The van der Waals surface area contributed by atoms with E-state index < -0.39 is 0 Å². The van der Waals surface area contributed by atoms with Crippen LogP contribution >= 0.6 is 11.8 Å². The van der Waals surface area contributed by atoms with Crippen molar-refractivity contribution in [2.24, 2.45) is 10.9 Å². The lowest BCUT2D eigenvalue weighted by atomic mass is 9.78. The molecule has 2 aliphatic rings. The van der Waals surface area contributed by atoms with E-state index in [0.29, 0.717) is 5.56 Å². The van der Waals surface area contributed by atoms with Crippen LogP contribution in [0.3, 0.4) is 0 Å². The molecule has 110 valence electrons. The van der Waals surface area contributed by atoms with Crippen LogP contribution in [-0.4, -0.2) is 16.5 Å². The van der Waals surface area contributed by atoms with E-state index in [2.05, 4.69) is 25.2 Å². The largest absolute Gasteiger partial charge is 0.335 e. The molecule has 1 aliphatic carbocycles. The standard InChI is InChI=1S/C17H21N3S/c1-12-4-3-7-17(9-12)11-21-16(20-17)19-15-8-14(10-18)6-5-13(15)2/h5-6,8,12H,3-4,7,9,11H2,1-2H3,(H,19,20). The zero-order valence-corrected chi connectivity index (χ0v) is 13.5. The molecule has 0 radical (unpaired) electrons. The number of nitrogens with one attached hydrogen (secondary N) is 1. The quantitative estimate of drug-likeness (QED) is 0.839. The molecule has 3 rings (SSSR count). The zero-order chi connectivity index (χ0) is 14.9. The summed E-state index contributed by atoms with van der Waals surface area (Å²) in [6.45, 7) is 4.40. The summed E-state index contributed by atoms with van der Waals surface area (Å²) in [5, 5.41) is 13.5. The first kappa shape index (κ1) is 14.5. The second-order valence-corrected chi connectivity index (χ2v) is 7.36. The Balaban J connectivity index is 1.79. The Bertz CT molecular complexity index is 617. The second kappa shape index (κ2) is 5.73. The molecule has 0 bridgehead atoms. The van der Waals surface area contributed by atoms with Crippen LogP contribution in [0, 0.1) is 24.2 Å². The van der Waals surface area contributed by atoms with Crippen molar-refractivity contribution in [1.82, 2.24) is 0 Å².